The van der Waals surface area contributed by atoms with Gasteiger partial charge in [-0.15, -0.1) is 0 Å². The third-order valence-electron chi connectivity index (χ3n) is 3.72. The summed E-state index contributed by atoms with van der Waals surface area (Å²) in [6.07, 6.45) is 1.62. The van der Waals surface area contributed by atoms with Crippen LogP contribution in [0.3, 0.4) is 0 Å². The summed E-state index contributed by atoms with van der Waals surface area (Å²) in [6.45, 7) is 11.9. The summed E-state index contributed by atoms with van der Waals surface area (Å²) in [5, 5.41) is 0.514. The lowest BCUT2D eigenvalue weighted by Crippen LogP contribution is -2.41. The fraction of sp³-hybridized carbons (Fsp3) is 0.643. The lowest BCUT2D eigenvalue weighted by molar-refractivity contribution is 0.00578. The summed E-state index contributed by atoms with van der Waals surface area (Å²) in [5.41, 5.74) is -0.0527. The molecule has 0 saturated carbocycles. The first-order valence-corrected chi connectivity index (χ1v) is 7.18. The quantitative estimate of drug-likeness (QED) is 0.805. The molecule has 0 radical (unpaired) electrons. The summed E-state index contributed by atoms with van der Waals surface area (Å²) in [5.74, 6) is 0.522. The molecule has 1 aliphatic rings. The average Bonchev–Trinajstić information content (AvgIpc) is 2.50. The van der Waals surface area contributed by atoms with Crippen molar-refractivity contribution in [3.8, 4) is 5.88 Å². The van der Waals surface area contributed by atoms with Crippen molar-refractivity contribution in [2.24, 2.45) is 0 Å². The predicted octanol–water partition coefficient (Wildman–Crippen LogP) is 2.82. The maximum absolute atomic E-state index is 6.22. The minimum absolute atomic E-state index is 0.0508. The highest BCUT2D eigenvalue weighted by Crippen LogP contribution is 2.37. The summed E-state index contributed by atoms with van der Waals surface area (Å²) in [4.78, 5) is 4.16. The molecule has 4 nitrogen and oxygen atoms in total. The smallest absolute Gasteiger partial charge is 0.475 e. The maximum Gasteiger partial charge on any atom is 0.496 e. The van der Waals surface area contributed by atoms with E-state index in [9.17, 15) is 0 Å². The minimum Gasteiger partial charge on any atom is -0.475 e. The van der Waals surface area contributed by atoms with E-state index in [1.807, 2.05) is 41.5 Å². The molecule has 0 bridgehead atoms. The molecule has 1 aromatic heterocycles. The Morgan fingerprint density at radius 2 is 1.75 bits per heavy atom. The second-order valence-corrected chi connectivity index (χ2v) is 6.71. The molecule has 0 N–H and O–H groups in total. The maximum atomic E-state index is 6.22. The molecular weight excluding hydrogens is 276 g/mol. The van der Waals surface area contributed by atoms with Gasteiger partial charge in [0.15, 0.2) is 0 Å². The van der Waals surface area contributed by atoms with Crippen LogP contribution in [-0.4, -0.2) is 29.4 Å². The zero-order chi connectivity index (χ0) is 15.1. The van der Waals surface area contributed by atoms with Gasteiger partial charge in [0.1, 0.15) is 0 Å². The fourth-order valence-electron chi connectivity index (χ4n) is 1.89. The molecule has 0 aromatic carbocycles. The van der Waals surface area contributed by atoms with Gasteiger partial charge in [-0.2, -0.15) is 0 Å². The highest BCUT2D eigenvalue weighted by molar-refractivity contribution is 6.65. The van der Waals surface area contributed by atoms with E-state index >= 15 is 0 Å². The van der Waals surface area contributed by atoms with Gasteiger partial charge in [-0.05, 0) is 41.5 Å². The van der Waals surface area contributed by atoms with Crippen LogP contribution in [0.25, 0.3) is 0 Å². The number of pyridine rings is 1. The van der Waals surface area contributed by atoms with Crippen LogP contribution in [0.5, 0.6) is 5.88 Å². The number of halogens is 1. The molecule has 0 atom stereocenters. The first-order chi connectivity index (χ1) is 9.12. The molecule has 0 spiro atoms. The Morgan fingerprint density at radius 1 is 1.20 bits per heavy atom. The average molecular weight is 298 g/mol. The van der Waals surface area contributed by atoms with Crippen molar-refractivity contribution in [1.82, 2.24) is 4.98 Å². The van der Waals surface area contributed by atoms with Crippen molar-refractivity contribution in [3.05, 3.63) is 17.3 Å². The number of rotatable bonds is 3. The Morgan fingerprint density at radius 3 is 2.25 bits per heavy atom. The Labute approximate surface area is 125 Å². The molecule has 1 fully saturated rings. The molecule has 110 valence electrons. The molecule has 0 aliphatic carbocycles. The molecular formula is C14H21BClNO3. The van der Waals surface area contributed by atoms with E-state index in [1.165, 1.54) is 0 Å². The molecule has 2 rings (SSSR count). The van der Waals surface area contributed by atoms with Crippen molar-refractivity contribution in [2.75, 3.05) is 0 Å². The molecule has 20 heavy (non-hydrogen) atoms. The zero-order valence-corrected chi connectivity index (χ0v) is 13.6. The largest absolute Gasteiger partial charge is 0.496 e. The first-order valence-electron chi connectivity index (χ1n) is 6.80. The number of nitrogens with zero attached hydrogens (tertiary/aromatic N) is 1. The van der Waals surface area contributed by atoms with Crippen LogP contribution in [0, 0.1) is 0 Å². The second kappa shape index (κ2) is 5.21. The normalized spacial score (nSPS) is 20.5. The molecule has 1 aromatic rings. The highest BCUT2D eigenvalue weighted by Gasteiger charge is 2.52. The van der Waals surface area contributed by atoms with Gasteiger partial charge >= 0.3 is 7.12 Å². The van der Waals surface area contributed by atoms with Crippen molar-refractivity contribution in [1.29, 1.82) is 0 Å². The Balaban J connectivity index is 2.30. The van der Waals surface area contributed by atoms with Crippen molar-refractivity contribution >= 4 is 24.2 Å². The van der Waals surface area contributed by atoms with Crippen LogP contribution in [-0.2, 0) is 9.31 Å². The molecule has 2 heterocycles. The van der Waals surface area contributed by atoms with E-state index in [0.717, 1.165) is 5.46 Å². The van der Waals surface area contributed by atoms with E-state index in [1.54, 1.807) is 12.3 Å². The van der Waals surface area contributed by atoms with Crippen LogP contribution in [0.2, 0.25) is 5.02 Å². The predicted molar refractivity (Wildman–Crippen MR) is 80.7 cm³/mol. The van der Waals surface area contributed by atoms with E-state index < -0.39 is 18.3 Å². The van der Waals surface area contributed by atoms with E-state index in [4.69, 9.17) is 25.6 Å². The van der Waals surface area contributed by atoms with Gasteiger partial charge in [-0.1, -0.05) is 11.6 Å². The third kappa shape index (κ3) is 2.95. The molecule has 0 unspecified atom stereocenters. The van der Waals surface area contributed by atoms with Gasteiger partial charge in [0, 0.05) is 17.7 Å². The van der Waals surface area contributed by atoms with E-state index in [0.29, 0.717) is 10.9 Å². The molecule has 1 aliphatic heterocycles. The lowest BCUT2D eigenvalue weighted by Gasteiger charge is -2.32. The van der Waals surface area contributed by atoms with Gasteiger partial charge < -0.3 is 14.0 Å². The Hall–Kier alpha value is -0.775. The second-order valence-electron chi connectivity index (χ2n) is 6.30. The van der Waals surface area contributed by atoms with Crippen LogP contribution >= 0.6 is 11.6 Å². The number of ether oxygens (including phenoxy) is 1. The Bertz CT molecular complexity index is 489. The minimum atomic E-state index is -0.509. The molecule has 0 amide bonds. The van der Waals surface area contributed by atoms with Crippen LogP contribution in [0.1, 0.15) is 41.5 Å². The summed E-state index contributed by atoms with van der Waals surface area (Å²) in [7, 11) is -0.509. The van der Waals surface area contributed by atoms with Crippen LogP contribution < -0.4 is 10.2 Å². The number of aromatic nitrogens is 1. The third-order valence-corrected chi connectivity index (χ3v) is 4.04. The number of hydrogen-bond donors (Lipinski definition) is 0. The molecule has 6 heteroatoms. The van der Waals surface area contributed by atoms with Crippen molar-refractivity contribution in [3.63, 3.8) is 0 Å². The van der Waals surface area contributed by atoms with Gasteiger partial charge in [-0.3, -0.25) is 0 Å². The lowest BCUT2D eigenvalue weighted by atomic mass is 9.79. The SMILES string of the molecule is CC(C)Oc1cc(B2OC(C)(C)C(C)(C)O2)c(Cl)cn1. The van der Waals surface area contributed by atoms with Gasteiger partial charge in [-0.25, -0.2) is 4.98 Å². The topological polar surface area (TPSA) is 40.6 Å². The van der Waals surface area contributed by atoms with Crippen LogP contribution in [0.15, 0.2) is 12.3 Å². The van der Waals surface area contributed by atoms with E-state index in [2.05, 4.69) is 4.98 Å². The van der Waals surface area contributed by atoms with Gasteiger partial charge in [0.2, 0.25) is 5.88 Å². The summed E-state index contributed by atoms with van der Waals surface area (Å²) >= 11 is 6.22. The van der Waals surface area contributed by atoms with Crippen LogP contribution in [0.4, 0.5) is 0 Å². The highest BCUT2D eigenvalue weighted by atomic mass is 35.5. The first kappa shape index (κ1) is 15.6. The standard InChI is InChI=1S/C14H21BClNO3/c1-9(2)18-12-7-10(11(16)8-17-12)15-19-13(3,4)14(5,6)20-15/h7-9H,1-6H3. The van der Waals surface area contributed by atoms with Crippen molar-refractivity contribution in [2.45, 2.75) is 58.8 Å². The monoisotopic (exact) mass is 297 g/mol. The summed E-state index contributed by atoms with van der Waals surface area (Å²) in [6, 6.07) is 1.78. The fourth-order valence-corrected chi connectivity index (χ4v) is 2.08. The zero-order valence-electron chi connectivity index (χ0n) is 12.9. The summed E-state index contributed by atoms with van der Waals surface area (Å²) < 4.78 is 17.6. The molecule has 1 saturated heterocycles. The Kier molecular flexibility index (Phi) is 4.06. The van der Waals surface area contributed by atoms with Crippen molar-refractivity contribution < 1.29 is 14.0 Å². The van der Waals surface area contributed by atoms with Gasteiger partial charge in [0.05, 0.1) is 22.3 Å². The van der Waals surface area contributed by atoms with E-state index in [-0.39, 0.29) is 6.10 Å². The number of hydrogen-bond acceptors (Lipinski definition) is 4. The van der Waals surface area contributed by atoms with Gasteiger partial charge in [0.25, 0.3) is 0 Å².